The van der Waals surface area contributed by atoms with E-state index < -0.39 is 6.10 Å². The topological polar surface area (TPSA) is 78.9 Å². The quantitative estimate of drug-likeness (QED) is 0.0261. The van der Waals surface area contributed by atoms with Gasteiger partial charge in [-0.15, -0.1) is 0 Å². The van der Waals surface area contributed by atoms with Gasteiger partial charge in [0.15, 0.2) is 6.10 Å². The molecule has 1 atom stereocenters. The number of rotatable bonds is 66. The van der Waals surface area contributed by atoms with E-state index in [0.717, 1.165) is 77.0 Å². The Morgan fingerprint density at radius 1 is 0.253 bits per heavy atom. The number of carbonyl (C=O) groups excluding carboxylic acids is 3. The van der Waals surface area contributed by atoms with Crippen molar-refractivity contribution in [2.75, 3.05) is 13.2 Å². The molecule has 1 unspecified atom stereocenters. The predicted octanol–water partition coefficient (Wildman–Crippen LogP) is 25.0. The lowest BCUT2D eigenvalue weighted by Crippen LogP contribution is -2.30. The Kier molecular flexibility index (Phi) is 68.2. The summed E-state index contributed by atoms with van der Waals surface area (Å²) in [5.41, 5.74) is 0. The molecule has 6 heteroatoms. The van der Waals surface area contributed by atoms with Gasteiger partial charge in [0, 0.05) is 19.3 Å². The minimum absolute atomic E-state index is 0.0963. The largest absolute Gasteiger partial charge is 0.462 e. The molecule has 6 nitrogen and oxygen atoms in total. The SMILES string of the molecule is CC/C=C\C/C=C\C/C=C\C/C=C\CCC(=O)OCC(COC(=O)CCCCCCCCCCCCCC/C=C\C/C=C\C/C=C\CCCCCCC)OC(=O)CCCCCCCCCCCCCCCCCCCCCCCCCCC. The summed E-state index contributed by atoms with van der Waals surface area (Å²) in [4.78, 5) is 38.4. The van der Waals surface area contributed by atoms with Crippen molar-refractivity contribution in [1.82, 2.24) is 0 Å². The molecule has 0 aliphatic rings. The van der Waals surface area contributed by atoms with Crippen LogP contribution in [-0.4, -0.2) is 37.2 Å². The van der Waals surface area contributed by atoms with Gasteiger partial charge < -0.3 is 14.2 Å². The molecule has 0 aromatic heterocycles. The van der Waals surface area contributed by atoms with Crippen LogP contribution in [0, 0.1) is 0 Å². The number of carbonyl (C=O) groups is 3. The summed E-state index contributed by atoms with van der Waals surface area (Å²) >= 11 is 0. The summed E-state index contributed by atoms with van der Waals surface area (Å²) < 4.78 is 16.9. The molecule has 0 heterocycles. The third kappa shape index (κ3) is 69.3. The highest BCUT2D eigenvalue weighted by molar-refractivity contribution is 5.71. The van der Waals surface area contributed by atoms with Gasteiger partial charge in [0.25, 0.3) is 0 Å². The minimum atomic E-state index is -0.806. The zero-order chi connectivity index (χ0) is 59.9. The summed E-state index contributed by atoms with van der Waals surface area (Å²) in [6, 6.07) is 0. The van der Waals surface area contributed by atoms with Crippen LogP contribution in [0.4, 0.5) is 0 Å². The average molecular weight is 1160 g/mol. The maximum Gasteiger partial charge on any atom is 0.306 e. The molecule has 0 amide bonds. The molecule has 0 aliphatic carbocycles. The lowest BCUT2D eigenvalue weighted by atomic mass is 10.0. The molecular formula is C77H136O6. The second kappa shape index (κ2) is 71.1. The molecule has 0 aromatic rings. The smallest absolute Gasteiger partial charge is 0.306 e. The predicted molar refractivity (Wildman–Crippen MR) is 362 cm³/mol. The van der Waals surface area contributed by atoms with Crippen LogP contribution in [0.3, 0.4) is 0 Å². The summed E-state index contributed by atoms with van der Waals surface area (Å²) in [5, 5.41) is 0. The Hall–Kier alpha value is -3.41. The fourth-order valence-corrected chi connectivity index (χ4v) is 10.5. The lowest BCUT2D eigenvalue weighted by Gasteiger charge is -2.18. The molecule has 0 aromatic carbocycles. The Labute approximate surface area is 515 Å². The normalized spacial score (nSPS) is 12.6. The van der Waals surface area contributed by atoms with E-state index in [2.05, 4.69) is 99.8 Å². The van der Waals surface area contributed by atoms with Crippen molar-refractivity contribution in [3.63, 3.8) is 0 Å². The van der Waals surface area contributed by atoms with Crippen molar-refractivity contribution in [1.29, 1.82) is 0 Å². The molecule has 0 rings (SSSR count). The van der Waals surface area contributed by atoms with Gasteiger partial charge in [-0.2, -0.15) is 0 Å². The number of hydrogen-bond donors (Lipinski definition) is 0. The van der Waals surface area contributed by atoms with Gasteiger partial charge in [-0.3, -0.25) is 14.4 Å². The molecule has 0 saturated heterocycles. The van der Waals surface area contributed by atoms with Gasteiger partial charge in [0.1, 0.15) is 13.2 Å². The van der Waals surface area contributed by atoms with E-state index in [1.54, 1.807) is 0 Å². The van der Waals surface area contributed by atoms with Crippen molar-refractivity contribution >= 4 is 17.9 Å². The fraction of sp³-hybridized carbons (Fsp3) is 0.779. The van der Waals surface area contributed by atoms with Crippen LogP contribution < -0.4 is 0 Å². The van der Waals surface area contributed by atoms with Crippen molar-refractivity contribution in [3.05, 3.63) is 85.1 Å². The van der Waals surface area contributed by atoms with E-state index in [1.165, 1.54) is 244 Å². The maximum absolute atomic E-state index is 13.0. The zero-order valence-corrected chi connectivity index (χ0v) is 55.2. The standard InChI is InChI=1S/C77H136O6/c1-4-7-10-13-16-19-22-25-27-29-31-33-35-37-38-40-41-43-45-47-49-52-55-58-61-64-67-70-76(79)82-73-74(72-81-75(78)69-66-63-60-57-54-51-24-21-18-15-12-9-6-3)83-77(80)71-68-65-62-59-56-53-50-48-46-44-42-39-36-34-32-30-28-26-23-20-17-14-11-8-5-2/h9,12,18,21-22,25,29,31,35,37,51,54,60,63,74H,4-8,10-11,13-17,19-20,23-24,26-28,30,32-34,36,38-50,52-53,55-59,61-62,64-73H2,1-3H3/b12-9-,21-18-,25-22-,31-29-,37-35-,54-51-,63-60-. The molecule has 83 heavy (non-hydrogen) atoms. The van der Waals surface area contributed by atoms with Crippen LogP contribution in [0.15, 0.2) is 85.1 Å². The highest BCUT2D eigenvalue weighted by atomic mass is 16.6. The Bertz CT molecular complexity index is 1570. The van der Waals surface area contributed by atoms with Crippen LogP contribution in [0.5, 0.6) is 0 Å². The first-order valence-corrected chi connectivity index (χ1v) is 36.1. The van der Waals surface area contributed by atoms with Crippen molar-refractivity contribution in [3.8, 4) is 0 Å². The van der Waals surface area contributed by atoms with Gasteiger partial charge in [-0.05, 0) is 83.5 Å². The molecule has 0 fully saturated rings. The van der Waals surface area contributed by atoms with E-state index >= 15 is 0 Å². The van der Waals surface area contributed by atoms with Gasteiger partial charge in [-0.25, -0.2) is 0 Å². The summed E-state index contributed by atoms with van der Waals surface area (Å²) in [6.45, 7) is 6.50. The third-order valence-electron chi connectivity index (χ3n) is 15.9. The number of unbranched alkanes of at least 4 members (excludes halogenated alkanes) is 41. The number of esters is 3. The van der Waals surface area contributed by atoms with Gasteiger partial charge in [-0.1, -0.05) is 350 Å². The zero-order valence-electron chi connectivity index (χ0n) is 55.2. The van der Waals surface area contributed by atoms with Crippen LogP contribution in [0.1, 0.15) is 367 Å². The second-order valence-electron chi connectivity index (χ2n) is 24.1. The molecule has 0 N–H and O–H groups in total. The first-order chi connectivity index (χ1) is 41.0. The molecule has 0 saturated carbocycles. The third-order valence-corrected chi connectivity index (χ3v) is 15.9. The van der Waals surface area contributed by atoms with Crippen LogP contribution in [0.25, 0.3) is 0 Å². The van der Waals surface area contributed by atoms with E-state index in [9.17, 15) is 14.4 Å². The molecule has 0 bridgehead atoms. The first-order valence-electron chi connectivity index (χ1n) is 36.1. The number of allylic oxidation sites excluding steroid dienone is 14. The molecular weight excluding hydrogens is 1020 g/mol. The summed E-state index contributed by atoms with van der Waals surface area (Å²) in [7, 11) is 0. The van der Waals surface area contributed by atoms with Crippen molar-refractivity contribution in [2.24, 2.45) is 0 Å². The van der Waals surface area contributed by atoms with Gasteiger partial charge in [0.05, 0.1) is 0 Å². The summed E-state index contributed by atoms with van der Waals surface area (Å²) in [5.74, 6) is -0.964. The minimum Gasteiger partial charge on any atom is -0.462 e. The Morgan fingerprint density at radius 2 is 0.494 bits per heavy atom. The fourth-order valence-electron chi connectivity index (χ4n) is 10.5. The van der Waals surface area contributed by atoms with Crippen LogP contribution in [0.2, 0.25) is 0 Å². The van der Waals surface area contributed by atoms with Crippen molar-refractivity contribution < 1.29 is 28.6 Å². The first kappa shape index (κ1) is 79.6. The summed E-state index contributed by atoms with van der Waals surface area (Å²) in [6.07, 6.45) is 95.0. The van der Waals surface area contributed by atoms with Crippen LogP contribution in [-0.2, 0) is 28.6 Å². The highest BCUT2D eigenvalue weighted by Gasteiger charge is 2.19. The van der Waals surface area contributed by atoms with Gasteiger partial charge >= 0.3 is 17.9 Å². The Balaban J connectivity index is 4.27. The maximum atomic E-state index is 13.0. The van der Waals surface area contributed by atoms with Gasteiger partial charge in [0.2, 0.25) is 0 Å². The lowest BCUT2D eigenvalue weighted by molar-refractivity contribution is -0.166. The molecule has 0 radical (unpaired) electrons. The Morgan fingerprint density at radius 3 is 0.807 bits per heavy atom. The molecule has 0 aliphatic heterocycles. The van der Waals surface area contributed by atoms with Crippen molar-refractivity contribution in [2.45, 2.75) is 374 Å². The number of ether oxygens (including phenoxy) is 3. The average Bonchev–Trinajstić information content (AvgIpc) is 3.49. The monoisotopic (exact) mass is 1160 g/mol. The second-order valence-corrected chi connectivity index (χ2v) is 24.1. The highest BCUT2D eigenvalue weighted by Crippen LogP contribution is 2.18. The van der Waals surface area contributed by atoms with E-state index in [0.29, 0.717) is 19.3 Å². The number of hydrogen-bond acceptors (Lipinski definition) is 6. The van der Waals surface area contributed by atoms with Crippen LogP contribution >= 0.6 is 0 Å². The van der Waals surface area contributed by atoms with E-state index in [1.807, 2.05) is 6.08 Å². The molecule has 0 spiro atoms. The van der Waals surface area contributed by atoms with E-state index in [4.69, 9.17) is 14.2 Å². The van der Waals surface area contributed by atoms with E-state index in [-0.39, 0.29) is 37.5 Å². The molecule has 480 valence electrons.